The van der Waals surface area contributed by atoms with Crippen LogP contribution in [0.4, 0.5) is 17.1 Å². The fourth-order valence-electron chi connectivity index (χ4n) is 1.95. The summed E-state index contributed by atoms with van der Waals surface area (Å²) in [6, 6.07) is 12.6. The van der Waals surface area contributed by atoms with Gasteiger partial charge in [0.15, 0.2) is 0 Å². The van der Waals surface area contributed by atoms with E-state index in [9.17, 15) is 4.79 Å². The Balaban J connectivity index is 2.23. The first-order chi connectivity index (χ1) is 11.5. The van der Waals surface area contributed by atoms with Crippen molar-refractivity contribution in [3.05, 3.63) is 42.5 Å². The Morgan fingerprint density at radius 1 is 1.00 bits per heavy atom. The third-order valence-electron chi connectivity index (χ3n) is 3.33. The van der Waals surface area contributed by atoms with Gasteiger partial charge in [-0.15, -0.1) is 5.11 Å². The van der Waals surface area contributed by atoms with Gasteiger partial charge >= 0.3 is 0 Å². The average molecular weight is 327 g/mol. The van der Waals surface area contributed by atoms with Crippen LogP contribution in [0.3, 0.4) is 0 Å². The van der Waals surface area contributed by atoms with E-state index >= 15 is 0 Å². The molecule has 2 aromatic rings. The predicted octanol–water partition coefficient (Wildman–Crippen LogP) is 4.71. The molecule has 24 heavy (non-hydrogen) atoms. The normalized spacial score (nSPS) is 10.9. The first-order valence-corrected chi connectivity index (χ1v) is 7.58. The molecule has 0 saturated heterocycles. The minimum absolute atomic E-state index is 0.0725. The highest BCUT2D eigenvalue weighted by Crippen LogP contribution is 2.32. The number of nitrogens with zero attached hydrogens (tertiary/aromatic N) is 2. The highest BCUT2D eigenvalue weighted by Gasteiger charge is 2.11. The number of nitrogens with one attached hydrogen (secondary N) is 1. The number of hydrogen-bond donors (Lipinski definition) is 1. The quantitative estimate of drug-likeness (QED) is 0.781. The molecule has 0 radical (unpaired) electrons. The van der Waals surface area contributed by atoms with Gasteiger partial charge in [0.2, 0.25) is 5.91 Å². The molecular weight excluding hydrogens is 306 g/mol. The fourth-order valence-corrected chi connectivity index (χ4v) is 1.95. The predicted molar refractivity (Wildman–Crippen MR) is 93.6 cm³/mol. The van der Waals surface area contributed by atoms with Gasteiger partial charge in [0.05, 0.1) is 25.6 Å². The van der Waals surface area contributed by atoms with Crippen molar-refractivity contribution in [2.24, 2.45) is 16.1 Å². The van der Waals surface area contributed by atoms with E-state index in [0.29, 0.717) is 28.6 Å². The molecule has 2 aromatic carbocycles. The van der Waals surface area contributed by atoms with Crippen LogP contribution in [0.1, 0.15) is 13.8 Å². The van der Waals surface area contributed by atoms with Crippen molar-refractivity contribution >= 4 is 23.0 Å². The molecule has 0 aliphatic carbocycles. The van der Waals surface area contributed by atoms with Crippen LogP contribution in [-0.4, -0.2) is 20.1 Å². The van der Waals surface area contributed by atoms with Crippen molar-refractivity contribution in [2.75, 3.05) is 19.5 Å². The van der Waals surface area contributed by atoms with Crippen molar-refractivity contribution in [1.82, 2.24) is 0 Å². The van der Waals surface area contributed by atoms with Gasteiger partial charge in [-0.25, -0.2) is 0 Å². The topological polar surface area (TPSA) is 72.3 Å². The molecule has 6 nitrogen and oxygen atoms in total. The summed E-state index contributed by atoms with van der Waals surface area (Å²) < 4.78 is 10.6. The minimum atomic E-state index is -0.111. The van der Waals surface area contributed by atoms with E-state index in [-0.39, 0.29) is 11.8 Å². The summed E-state index contributed by atoms with van der Waals surface area (Å²) in [7, 11) is 3.13. The molecule has 0 spiro atoms. The molecule has 0 bridgehead atoms. The maximum atomic E-state index is 11.8. The van der Waals surface area contributed by atoms with Crippen molar-refractivity contribution in [2.45, 2.75) is 13.8 Å². The number of rotatable bonds is 6. The zero-order valence-electron chi connectivity index (χ0n) is 14.2. The molecule has 0 atom stereocenters. The Kier molecular flexibility index (Phi) is 5.89. The lowest BCUT2D eigenvalue weighted by atomic mass is 10.2. The first-order valence-electron chi connectivity index (χ1n) is 7.58. The monoisotopic (exact) mass is 327 g/mol. The molecular formula is C18H21N3O3. The second-order valence-corrected chi connectivity index (χ2v) is 5.40. The number of ether oxygens (including phenoxy) is 2. The number of anilines is 1. The van der Waals surface area contributed by atoms with Crippen molar-refractivity contribution < 1.29 is 14.3 Å². The first kappa shape index (κ1) is 17.5. The van der Waals surface area contributed by atoms with E-state index in [4.69, 9.17) is 9.47 Å². The molecule has 0 aliphatic heterocycles. The molecule has 0 heterocycles. The number of hydrogen-bond acceptors (Lipinski definition) is 5. The fraction of sp³-hybridized carbons (Fsp3) is 0.278. The Hall–Kier alpha value is -2.89. The smallest absolute Gasteiger partial charge is 0.227 e. The third kappa shape index (κ3) is 4.32. The average Bonchev–Trinajstić information content (AvgIpc) is 2.60. The van der Waals surface area contributed by atoms with E-state index in [1.165, 1.54) is 0 Å². The van der Waals surface area contributed by atoms with E-state index in [1.807, 2.05) is 38.1 Å². The van der Waals surface area contributed by atoms with Gasteiger partial charge in [0.25, 0.3) is 0 Å². The summed E-state index contributed by atoms with van der Waals surface area (Å²) in [5, 5.41) is 11.2. The van der Waals surface area contributed by atoms with Crippen molar-refractivity contribution in [1.29, 1.82) is 0 Å². The molecule has 2 rings (SSSR count). The van der Waals surface area contributed by atoms with Gasteiger partial charge in [-0.3, -0.25) is 4.79 Å². The number of benzene rings is 2. The summed E-state index contributed by atoms with van der Waals surface area (Å²) in [5.74, 6) is 0.992. The lowest BCUT2D eigenvalue weighted by molar-refractivity contribution is -0.118. The number of para-hydroxylation sites is 1. The molecule has 0 fully saturated rings. The van der Waals surface area contributed by atoms with Crippen LogP contribution in [0.25, 0.3) is 0 Å². The van der Waals surface area contributed by atoms with Gasteiger partial charge in [0.1, 0.15) is 17.2 Å². The standard InChI is InChI=1S/C18H21N3O3/c1-12(2)18(22)19-14-10-9-13(11-17(14)24-4)20-21-15-7-5-6-8-16(15)23-3/h5-12H,1-4H3,(H,19,22)/b21-20+. The molecule has 0 aromatic heterocycles. The summed E-state index contributed by atoms with van der Waals surface area (Å²) in [5.41, 5.74) is 1.85. The molecule has 126 valence electrons. The maximum Gasteiger partial charge on any atom is 0.227 e. The molecule has 1 amide bonds. The number of carbonyl (C=O) groups is 1. The van der Waals surface area contributed by atoms with E-state index in [0.717, 1.165) is 0 Å². The maximum absolute atomic E-state index is 11.8. The van der Waals surface area contributed by atoms with Crippen LogP contribution in [-0.2, 0) is 4.79 Å². The van der Waals surface area contributed by atoms with Gasteiger partial charge in [-0.1, -0.05) is 26.0 Å². The molecule has 6 heteroatoms. The van der Waals surface area contributed by atoms with Crippen LogP contribution in [0.5, 0.6) is 11.5 Å². The lowest BCUT2D eigenvalue weighted by Gasteiger charge is -2.12. The molecule has 0 unspecified atom stereocenters. The SMILES string of the molecule is COc1ccccc1/N=N/c1ccc(NC(=O)C(C)C)c(OC)c1. The van der Waals surface area contributed by atoms with Crippen LogP contribution >= 0.6 is 0 Å². The number of azo groups is 1. The summed E-state index contributed by atoms with van der Waals surface area (Å²) >= 11 is 0. The molecule has 0 aliphatic rings. The second-order valence-electron chi connectivity index (χ2n) is 5.40. The zero-order valence-corrected chi connectivity index (χ0v) is 14.2. The van der Waals surface area contributed by atoms with Crippen LogP contribution in [0.15, 0.2) is 52.7 Å². The minimum Gasteiger partial charge on any atom is -0.494 e. The summed E-state index contributed by atoms with van der Waals surface area (Å²) in [6.07, 6.45) is 0. The van der Waals surface area contributed by atoms with Crippen LogP contribution in [0.2, 0.25) is 0 Å². The number of methoxy groups -OCH3 is 2. The van der Waals surface area contributed by atoms with Crippen molar-refractivity contribution in [3.63, 3.8) is 0 Å². The Labute approximate surface area is 141 Å². The van der Waals surface area contributed by atoms with Crippen LogP contribution in [0, 0.1) is 5.92 Å². The Bertz CT molecular complexity index is 742. The highest BCUT2D eigenvalue weighted by molar-refractivity contribution is 5.93. The van der Waals surface area contributed by atoms with Crippen LogP contribution < -0.4 is 14.8 Å². The third-order valence-corrected chi connectivity index (χ3v) is 3.33. The Morgan fingerprint density at radius 3 is 2.38 bits per heavy atom. The van der Waals surface area contributed by atoms with E-state index in [1.54, 1.807) is 32.4 Å². The van der Waals surface area contributed by atoms with Gasteiger partial charge < -0.3 is 14.8 Å². The van der Waals surface area contributed by atoms with E-state index in [2.05, 4.69) is 15.5 Å². The highest BCUT2D eigenvalue weighted by atomic mass is 16.5. The van der Waals surface area contributed by atoms with Gasteiger partial charge in [-0.05, 0) is 24.3 Å². The Morgan fingerprint density at radius 2 is 1.71 bits per heavy atom. The van der Waals surface area contributed by atoms with Gasteiger partial charge in [0, 0.05) is 12.0 Å². The van der Waals surface area contributed by atoms with Gasteiger partial charge in [-0.2, -0.15) is 5.11 Å². The number of amides is 1. The largest absolute Gasteiger partial charge is 0.494 e. The summed E-state index contributed by atoms with van der Waals surface area (Å²) in [4.78, 5) is 11.8. The van der Waals surface area contributed by atoms with Crippen molar-refractivity contribution in [3.8, 4) is 11.5 Å². The summed E-state index contributed by atoms with van der Waals surface area (Å²) in [6.45, 7) is 3.66. The lowest BCUT2D eigenvalue weighted by Crippen LogP contribution is -2.18. The number of carbonyl (C=O) groups excluding carboxylic acids is 1. The zero-order chi connectivity index (χ0) is 17.5. The molecule has 1 N–H and O–H groups in total. The molecule has 0 saturated carbocycles. The second kappa shape index (κ2) is 8.10. The van der Waals surface area contributed by atoms with E-state index < -0.39 is 0 Å².